The Morgan fingerprint density at radius 2 is 2.40 bits per heavy atom. The number of hydrogen-bond acceptors (Lipinski definition) is 2. The van der Waals surface area contributed by atoms with Crippen LogP contribution < -0.4 is 5.73 Å². The van der Waals surface area contributed by atoms with Gasteiger partial charge < -0.3 is 5.73 Å². The van der Waals surface area contributed by atoms with Crippen LogP contribution in [0.3, 0.4) is 0 Å². The summed E-state index contributed by atoms with van der Waals surface area (Å²) in [4.78, 5) is 1.34. The average Bonchev–Trinajstić information content (AvgIpc) is 2.13. The van der Waals surface area contributed by atoms with Crippen molar-refractivity contribution in [1.29, 1.82) is 0 Å². The zero-order valence-electron chi connectivity index (χ0n) is 5.86. The average molecular weight is 220 g/mol. The van der Waals surface area contributed by atoms with Gasteiger partial charge in [0.05, 0.1) is 3.79 Å². The second-order valence-corrected chi connectivity index (χ2v) is 4.77. The van der Waals surface area contributed by atoms with Gasteiger partial charge in [-0.15, -0.1) is 11.3 Å². The summed E-state index contributed by atoms with van der Waals surface area (Å²) in [6.07, 6.45) is 0.977. The van der Waals surface area contributed by atoms with Crippen LogP contribution in [0.5, 0.6) is 0 Å². The Labute approximate surface area is 73.4 Å². The summed E-state index contributed by atoms with van der Waals surface area (Å²) in [5.74, 6) is 0. The molecule has 0 saturated heterocycles. The van der Waals surface area contributed by atoms with Gasteiger partial charge in [-0.3, -0.25) is 0 Å². The Hall–Kier alpha value is 0.140. The lowest BCUT2D eigenvalue weighted by Crippen LogP contribution is -2.01. The fraction of sp³-hybridized carbons (Fsp3) is 0.429. The van der Waals surface area contributed by atoms with Crippen molar-refractivity contribution in [3.8, 4) is 0 Å². The predicted octanol–water partition coefficient (Wildman–Crippen LogP) is 2.32. The number of rotatable bonds is 2. The summed E-state index contributed by atoms with van der Waals surface area (Å²) in [5, 5.41) is 0. The van der Waals surface area contributed by atoms with E-state index in [1.807, 2.05) is 0 Å². The van der Waals surface area contributed by atoms with Crippen LogP contribution in [0.2, 0.25) is 0 Å². The molecule has 0 aliphatic carbocycles. The van der Waals surface area contributed by atoms with Crippen molar-refractivity contribution in [2.75, 3.05) is 6.54 Å². The summed E-state index contributed by atoms with van der Waals surface area (Å²) in [5.41, 5.74) is 6.76. The van der Waals surface area contributed by atoms with E-state index >= 15 is 0 Å². The SMILES string of the molecule is Cc1cc(CCN)c(Br)s1. The first-order valence-corrected chi connectivity index (χ1v) is 4.80. The molecule has 0 bridgehead atoms. The molecule has 0 aliphatic rings. The number of thiophene rings is 1. The molecule has 1 nitrogen and oxygen atoms in total. The molecule has 1 heterocycles. The summed E-state index contributed by atoms with van der Waals surface area (Å²) in [6, 6.07) is 2.18. The molecule has 56 valence electrons. The number of hydrogen-bond donors (Lipinski definition) is 1. The number of halogens is 1. The van der Waals surface area contributed by atoms with Gasteiger partial charge in [-0.1, -0.05) is 0 Å². The van der Waals surface area contributed by atoms with Crippen molar-refractivity contribution in [3.63, 3.8) is 0 Å². The molecule has 10 heavy (non-hydrogen) atoms. The highest BCUT2D eigenvalue weighted by Crippen LogP contribution is 2.27. The molecule has 1 rings (SSSR count). The van der Waals surface area contributed by atoms with E-state index in [2.05, 4.69) is 28.9 Å². The number of aryl methyl sites for hydroxylation is 1. The maximum Gasteiger partial charge on any atom is 0.0733 e. The van der Waals surface area contributed by atoms with Gasteiger partial charge in [-0.05, 0) is 47.4 Å². The maximum absolute atomic E-state index is 5.42. The Balaban J connectivity index is 2.81. The van der Waals surface area contributed by atoms with Crippen LogP contribution in [0, 0.1) is 6.92 Å². The molecule has 2 N–H and O–H groups in total. The molecule has 0 saturated carbocycles. The van der Waals surface area contributed by atoms with E-state index in [9.17, 15) is 0 Å². The summed E-state index contributed by atoms with van der Waals surface area (Å²) < 4.78 is 1.23. The molecule has 0 amide bonds. The minimum atomic E-state index is 0.731. The van der Waals surface area contributed by atoms with Crippen molar-refractivity contribution in [2.45, 2.75) is 13.3 Å². The molecule has 0 aliphatic heterocycles. The first kappa shape index (κ1) is 8.24. The highest BCUT2D eigenvalue weighted by molar-refractivity contribution is 9.11. The van der Waals surface area contributed by atoms with Gasteiger partial charge in [-0.25, -0.2) is 0 Å². The Morgan fingerprint density at radius 3 is 2.80 bits per heavy atom. The Morgan fingerprint density at radius 1 is 1.70 bits per heavy atom. The zero-order valence-corrected chi connectivity index (χ0v) is 8.26. The third kappa shape index (κ3) is 1.81. The summed E-state index contributed by atoms with van der Waals surface area (Å²) >= 11 is 5.25. The minimum absolute atomic E-state index is 0.731. The van der Waals surface area contributed by atoms with E-state index in [1.54, 1.807) is 11.3 Å². The van der Waals surface area contributed by atoms with E-state index < -0.39 is 0 Å². The van der Waals surface area contributed by atoms with Gasteiger partial charge in [0, 0.05) is 4.88 Å². The number of nitrogens with two attached hydrogens (primary N) is 1. The fourth-order valence-corrected chi connectivity index (χ4v) is 2.72. The van der Waals surface area contributed by atoms with E-state index in [0.29, 0.717) is 0 Å². The Bertz CT molecular complexity index is 219. The van der Waals surface area contributed by atoms with Crippen molar-refractivity contribution < 1.29 is 0 Å². The predicted molar refractivity (Wildman–Crippen MR) is 49.5 cm³/mol. The molecule has 0 fully saturated rings. The first-order valence-electron chi connectivity index (χ1n) is 3.19. The molecule has 0 atom stereocenters. The topological polar surface area (TPSA) is 26.0 Å². The molecule has 1 aromatic heterocycles. The van der Waals surface area contributed by atoms with Gasteiger partial charge in [0.1, 0.15) is 0 Å². The maximum atomic E-state index is 5.42. The van der Waals surface area contributed by atoms with E-state index in [1.165, 1.54) is 14.2 Å². The molecular formula is C7H10BrNS. The van der Waals surface area contributed by atoms with Crippen molar-refractivity contribution in [2.24, 2.45) is 5.73 Å². The third-order valence-electron chi connectivity index (χ3n) is 1.29. The second kappa shape index (κ2) is 3.51. The van der Waals surface area contributed by atoms with Crippen LogP contribution in [-0.4, -0.2) is 6.54 Å². The van der Waals surface area contributed by atoms with Gasteiger partial charge in [0.15, 0.2) is 0 Å². The highest BCUT2D eigenvalue weighted by Gasteiger charge is 2.01. The Kier molecular flexibility index (Phi) is 2.89. The standard InChI is InChI=1S/C7H10BrNS/c1-5-4-6(2-3-9)7(8)10-5/h4H,2-3,9H2,1H3. The lowest BCUT2D eigenvalue weighted by atomic mass is 10.2. The van der Waals surface area contributed by atoms with Crippen LogP contribution in [0.15, 0.2) is 9.85 Å². The van der Waals surface area contributed by atoms with Gasteiger partial charge in [0.2, 0.25) is 0 Å². The highest BCUT2D eigenvalue weighted by atomic mass is 79.9. The monoisotopic (exact) mass is 219 g/mol. The third-order valence-corrected chi connectivity index (χ3v) is 3.17. The molecular weight excluding hydrogens is 210 g/mol. The van der Waals surface area contributed by atoms with Gasteiger partial charge in [0.25, 0.3) is 0 Å². The molecule has 1 aromatic rings. The van der Waals surface area contributed by atoms with Crippen molar-refractivity contribution in [3.05, 3.63) is 20.3 Å². The van der Waals surface area contributed by atoms with E-state index in [4.69, 9.17) is 5.73 Å². The van der Waals surface area contributed by atoms with Crippen LogP contribution in [0.25, 0.3) is 0 Å². The van der Waals surface area contributed by atoms with E-state index in [-0.39, 0.29) is 0 Å². The molecule has 0 aromatic carbocycles. The summed E-state index contributed by atoms with van der Waals surface area (Å²) in [6.45, 7) is 2.84. The van der Waals surface area contributed by atoms with Crippen LogP contribution in [0.4, 0.5) is 0 Å². The van der Waals surface area contributed by atoms with Crippen LogP contribution >= 0.6 is 27.3 Å². The van der Waals surface area contributed by atoms with Gasteiger partial charge in [-0.2, -0.15) is 0 Å². The summed E-state index contributed by atoms with van der Waals surface area (Å²) in [7, 11) is 0. The molecule has 0 unspecified atom stereocenters. The van der Waals surface area contributed by atoms with Crippen molar-refractivity contribution in [1.82, 2.24) is 0 Å². The van der Waals surface area contributed by atoms with Crippen molar-refractivity contribution >= 4 is 27.3 Å². The van der Waals surface area contributed by atoms with E-state index in [0.717, 1.165) is 13.0 Å². The van der Waals surface area contributed by atoms with Crippen LogP contribution in [-0.2, 0) is 6.42 Å². The lowest BCUT2D eigenvalue weighted by Gasteiger charge is -1.91. The molecule has 0 radical (unpaired) electrons. The normalized spacial score (nSPS) is 10.3. The lowest BCUT2D eigenvalue weighted by molar-refractivity contribution is 0.969. The smallest absolute Gasteiger partial charge is 0.0733 e. The quantitative estimate of drug-likeness (QED) is 0.813. The second-order valence-electron chi connectivity index (χ2n) is 2.19. The van der Waals surface area contributed by atoms with Gasteiger partial charge >= 0.3 is 0 Å². The largest absolute Gasteiger partial charge is 0.330 e. The minimum Gasteiger partial charge on any atom is -0.330 e. The zero-order chi connectivity index (χ0) is 7.56. The molecule has 0 spiro atoms. The first-order chi connectivity index (χ1) is 4.74. The molecule has 3 heteroatoms. The fourth-order valence-electron chi connectivity index (χ4n) is 0.864. The van der Waals surface area contributed by atoms with Crippen LogP contribution in [0.1, 0.15) is 10.4 Å².